The molecule has 11 nitrogen and oxygen atoms in total. The summed E-state index contributed by atoms with van der Waals surface area (Å²) in [4.78, 5) is 20.8. The first kappa shape index (κ1) is 16.3. The van der Waals surface area contributed by atoms with E-state index in [2.05, 4.69) is 15.0 Å². The lowest BCUT2D eigenvalue weighted by Gasteiger charge is -2.26. The van der Waals surface area contributed by atoms with Gasteiger partial charge in [-0.3, -0.25) is 10.1 Å². The maximum Gasteiger partial charge on any atom is 0.282 e. The first-order valence-corrected chi connectivity index (χ1v) is 7.65. The van der Waals surface area contributed by atoms with Crippen LogP contribution in [-0.4, -0.2) is 59.3 Å². The average Bonchev–Trinajstić information content (AvgIpc) is 3.00. The maximum atomic E-state index is 14.8. The Morgan fingerprint density at radius 2 is 2.22 bits per heavy atom. The van der Waals surface area contributed by atoms with Crippen molar-refractivity contribution in [1.29, 1.82) is 0 Å². The fourth-order valence-electron chi connectivity index (χ4n) is 2.43. The number of nitrogens with zero attached hydrogens (tertiary/aromatic N) is 4. The van der Waals surface area contributed by atoms with E-state index in [4.69, 9.17) is 25.4 Å². The van der Waals surface area contributed by atoms with E-state index in [1.165, 1.54) is 0 Å². The third-order valence-electron chi connectivity index (χ3n) is 3.43. The summed E-state index contributed by atoms with van der Waals surface area (Å²) in [5, 5.41) is 19.4. The molecular weight excluding hydrogens is 334 g/mol. The zero-order chi connectivity index (χ0) is 16.8. The zero-order valence-corrected chi connectivity index (χ0v) is 12.4. The van der Waals surface area contributed by atoms with Crippen LogP contribution in [0.2, 0.25) is 0 Å². The van der Waals surface area contributed by atoms with Crippen molar-refractivity contribution in [3.05, 3.63) is 12.7 Å². The van der Waals surface area contributed by atoms with E-state index < -0.39 is 39.4 Å². The molecule has 1 aliphatic heterocycles. The van der Waals surface area contributed by atoms with Gasteiger partial charge in [-0.2, -0.15) is 0 Å². The minimum Gasteiger partial charge on any atom is -0.394 e. The molecule has 0 aliphatic carbocycles. The van der Waals surface area contributed by atoms with Crippen LogP contribution >= 0.6 is 8.53 Å². The van der Waals surface area contributed by atoms with Crippen LogP contribution in [0.5, 0.6) is 0 Å². The standard InChI is InChI=1S/C10H14FN6O5P/c11-10(19)6(22-23(13)20)4(1-18)21-9(10)17-3-16-5-7(12)14-2-15-8(5)17/h2-4,6,9,18-20H,1,13H2,(H2,12,14,15)/t4-,6-,9-,10-,23?/m1/s1. The molecule has 0 aromatic carbocycles. The van der Waals surface area contributed by atoms with Crippen molar-refractivity contribution >= 4 is 25.5 Å². The van der Waals surface area contributed by atoms with Gasteiger partial charge in [0.05, 0.1) is 12.9 Å². The summed E-state index contributed by atoms with van der Waals surface area (Å²) in [6.07, 6.45) is -2.29. The smallest absolute Gasteiger partial charge is 0.282 e. The van der Waals surface area contributed by atoms with Crippen molar-refractivity contribution in [3.63, 3.8) is 0 Å². The van der Waals surface area contributed by atoms with Crippen LogP contribution in [0.4, 0.5) is 10.2 Å². The lowest BCUT2D eigenvalue weighted by Crippen LogP contribution is -2.44. The number of ether oxygens (including phenoxy) is 1. The van der Waals surface area contributed by atoms with Crippen molar-refractivity contribution in [1.82, 2.24) is 19.5 Å². The molecule has 0 spiro atoms. The van der Waals surface area contributed by atoms with E-state index in [9.17, 15) is 14.6 Å². The maximum absolute atomic E-state index is 14.8. The van der Waals surface area contributed by atoms with E-state index >= 15 is 0 Å². The number of aromatic nitrogens is 4. The van der Waals surface area contributed by atoms with Gasteiger partial charge in [-0.15, -0.1) is 0 Å². The van der Waals surface area contributed by atoms with E-state index in [0.717, 1.165) is 17.2 Å². The number of nitrogens with two attached hydrogens (primary N) is 2. The summed E-state index contributed by atoms with van der Waals surface area (Å²) >= 11 is 0. The average molecular weight is 348 g/mol. The molecule has 1 saturated heterocycles. The molecule has 1 fully saturated rings. The molecule has 2 aromatic rings. The van der Waals surface area contributed by atoms with Crippen LogP contribution in [0.15, 0.2) is 12.7 Å². The van der Waals surface area contributed by atoms with Crippen molar-refractivity contribution in [3.8, 4) is 0 Å². The van der Waals surface area contributed by atoms with Gasteiger partial charge in [0.2, 0.25) is 0 Å². The lowest BCUT2D eigenvalue weighted by atomic mass is 10.1. The molecule has 0 saturated carbocycles. The highest BCUT2D eigenvalue weighted by molar-refractivity contribution is 7.43. The Hall–Kier alpha value is -1.53. The zero-order valence-electron chi connectivity index (χ0n) is 11.5. The van der Waals surface area contributed by atoms with Gasteiger partial charge in [0.1, 0.15) is 17.9 Å². The van der Waals surface area contributed by atoms with E-state index in [1.54, 1.807) is 0 Å². The minimum atomic E-state index is -3.11. The van der Waals surface area contributed by atoms with Gasteiger partial charge in [0.25, 0.3) is 14.4 Å². The predicted octanol–water partition coefficient (Wildman–Crippen LogP) is -1.48. The molecular formula is C10H14FN6O5P. The summed E-state index contributed by atoms with van der Waals surface area (Å²) in [5.41, 5.74) is 11.1. The Balaban J connectivity index is 2.03. The number of aliphatic hydroxyl groups excluding tert-OH is 1. The van der Waals surface area contributed by atoms with Gasteiger partial charge in [0.15, 0.2) is 23.8 Å². The van der Waals surface area contributed by atoms with Gasteiger partial charge < -0.3 is 30.1 Å². The van der Waals surface area contributed by atoms with Crippen LogP contribution in [0.1, 0.15) is 6.23 Å². The Morgan fingerprint density at radius 1 is 1.48 bits per heavy atom. The Morgan fingerprint density at radius 3 is 2.87 bits per heavy atom. The van der Waals surface area contributed by atoms with Crippen LogP contribution in [0, 0.1) is 0 Å². The second-order valence-electron chi connectivity index (χ2n) is 4.85. The molecule has 23 heavy (non-hydrogen) atoms. The number of halogens is 1. The van der Waals surface area contributed by atoms with E-state index in [0.29, 0.717) is 0 Å². The van der Waals surface area contributed by atoms with Gasteiger partial charge in [-0.25, -0.2) is 19.3 Å². The fraction of sp³-hybridized carbons (Fsp3) is 0.500. The molecule has 7 N–H and O–H groups in total. The number of hydrogen-bond acceptors (Lipinski definition) is 10. The van der Waals surface area contributed by atoms with Gasteiger partial charge in [0, 0.05) is 0 Å². The molecule has 0 amide bonds. The molecule has 0 bridgehead atoms. The Bertz CT molecular complexity index is 714. The molecule has 5 atom stereocenters. The third kappa shape index (κ3) is 2.64. The number of nitrogen functional groups attached to an aromatic ring is 1. The monoisotopic (exact) mass is 348 g/mol. The minimum absolute atomic E-state index is 0.0708. The summed E-state index contributed by atoms with van der Waals surface area (Å²) < 4.78 is 26.0. The van der Waals surface area contributed by atoms with E-state index in [1.807, 2.05) is 0 Å². The predicted molar refractivity (Wildman–Crippen MR) is 75.0 cm³/mol. The number of imidazole rings is 1. The number of hydrogen-bond donors (Lipinski definition) is 5. The first-order valence-electron chi connectivity index (χ1n) is 6.37. The highest BCUT2D eigenvalue weighted by atomic mass is 31.2. The van der Waals surface area contributed by atoms with Crippen LogP contribution in [0.25, 0.3) is 11.2 Å². The highest BCUT2D eigenvalue weighted by Gasteiger charge is 2.59. The molecule has 1 aliphatic rings. The van der Waals surface area contributed by atoms with Gasteiger partial charge >= 0.3 is 0 Å². The highest BCUT2D eigenvalue weighted by Crippen LogP contribution is 2.45. The van der Waals surface area contributed by atoms with E-state index in [-0.39, 0.29) is 17.0 Å². The summed E-state index contributed by atoms with van der Waals surface area (Å²) in [5.74, 6) is -3.04. The van der Waals surface area contributed by atoms with Crippen molar-refractivity contribution < 1.29 is 28.8 Å². The first-order chi connectivity index (χ1) is 10.9. The lowest BCUT2D eigenvalue weighted by molar-refractivity contribution is -0.190. The molecule has 126 valence electrons. The number of fused-ring (bicyclic) bond motifs is 1. The third-order valence-corrected chi connectivity index (χ3v) is 3.87. The Kier molecular flexibility index (Phi) is 4.14. The summed E-state index contributed by atoms with van der Waals surface area (Å²) in [6, 6.07) is 0. The van der Waals surface area contributed by atoms with Gasteiger partial charge in [-0.1, -0.05) is 0 Å². The molecule has 3 rings (SSSR count). The molecule has 3 heterocycles. The van der Waals surface area contributed by atoms with Crippen LogP contribution in [-0.2, 0) is 9.26 Å². The SMILES string of the molecule is Nc1ncnc2c1ncn2[C@@H]1O[C@H](CO)[C@@H](OP(N)O)[C@]1(O)F. The number of anilines is 1. The van der Waals surface area contributed by atoms with Crippen molar-refractivity contribution in [2.45, 2.75) is 24.3 Å². The molecule has 2 aromatic heterocycles. The fourth-order valence-corrected chi connectivity index (χ4v) is 2.95. The normalized spacial score (nSPS) is 32.5. The quantitative estimate of drug-likeness (QED) is 0.410. The number of alkyl halides is 1. The van der Waals surface area contributed by atoms with Crippen molar-refractivity contribution in [2.24, 2.45) is 5.50 Å². The molecule has 0 radical (unpaired) electrons. The van der Waals surface area contributed by atoms with Crippen molar-refractivity contribution in [2.75, 3.05) is 12.3 Å². The second-order valence-corrected chi connectivity index (χ2v) is 5.66. The number of aliphatic hydroxyl groups is 2. The number of rotatable bonds is 4. The van der Waals surface area contributed by atoms with Crippen LogP contribution < -0.4 is 11.2 Å². The van der Waals surface area contributed by atoms with Gasteiger partial charge in [-0.05, 0) is 0 Å². The molecule has 1 unspecified atom stereocenters. The Labute approximate surface area is 129 Å². The topological polar surface area (TPSA) is 175 Å². The molecule has 13 heteroatoms. The largest absolute Gasteiger partial charge is 0.394 e. The van der Waals surface area contributed by atoms with Crippen LogP contribution in [0.3, 0.4) is 0 Å². The summed E-state index contributed by atoms with van der Waals surface area (Å²) in [6.45, 7) is -0.666. The second kappa shape index (κ2) is 5.83. The summed E-state index contributed by atoms with van der Waals surface area (Å²) in [7, 11) is -2.48.